The van der Waals surface area contributed by atoms with Gasteiger partial charge in [0.15, 0.2) is 0 Å². The molecule has 0 bridgehead atoms. The third-order valence-electron chi connectivity index (χ3n) is 4.82. The predicted octanol–water partition coefficient (Wildman–Crippen LogP) is 3.66. The van der Waals surface area contributed by atoms with Gasteiger partial charge in [-0.1, -0.05) is 0 Å². The molecule has 2 aromatic rings. The molecule has 3 amide bonds. The highest BCUT2D eigenvalue weighted by molar-refractivity contribution is 5.95. The first-order valence-electron chi connectivity index (χ1n) is 9.72. The number of carbonyl (C=O) groups is 2. The number of urea groups is 1. The Bertz CT molecular complexity index is 896. The van der Waals surface area contributed by atoms with E-state index in [1.54, 1.807) is 17.2 Å². The van der Waals surface area contributed by atoms with Gasteiger partial charge in [-0.3, -0.25) is 4.79 Å². The van der Waals surface area contributed by atoms with Crippen LogP contribution in [0.25, 0.3) is 5.69 Å². The fourth-order valence-corrected chi connectivity index (χ4v) is 3.37. The minimum absolute atomic E-state index is 0.0160. The molecular formula is C20H24F3N5O2. The van der Waals surface area contributed by atoms with Gasteiger partial charge in [-0.2, -0.15) is 18.3 Å². The Hall–Kier alpha value is -3.04. The first-order valence-corrected chi connectivity index (χ1v) is 9.72. The molecule has 2 N–H and O–H groups in total. The van der Waals surface area contributed by atoms with Crippen LogP contribution in [0.2, 0.25) is 0 Å². The van der Waals surface area contributed by atoms with Crippen LogP contribution in [-0.2, 0) is 11.0 Å². The average molecular weight is 423 g/mol. The summed E-state index contributed by atoms with van der Waals surface area (Å²) >= 11 is 0. The second-order valence-corrected chi connectivity index (χ2v) is 7.56. The number of rotatable bonds is 4. The molecule has 1 aromatic heterocycles. The van der Waals surface area contributed by atoms with E-state index in [1.165, 1.54) is 16.9 Å². The zero-order valence-corrected chi connectivity index (χ0v) is 16.7. The number of benzene rings is 1. The van der Waals surface area contributed by atoms with E-state index in [0.717, 1.165) is 12.1 Å². The van der Waals surface area contributed by atoms with Gasteiger partial charge in [0, 0.05) is 31.5 Å². The lowest BCUT2D eigenvalue weighted by Gasteiger charge is -2.32. The van der Waals surface area contributed by atoms with Gasteiger partial charge in [-0.25, -0.2) is 9.48 Å². The molecule has 162 valence electrons. The van der Waals surface area contributed by atoms with Crippen LogP contribution in [0.3, 0.4) is 0 Å². The Morgan fingerprint density at radius 1 is 1.27 bits per heavy atom. The van der Waals surface area contributed by atoms with Crippen molar-refractivity contribution >= 4 is 17.6 Å². The number of piperidine rings is 1. The van der Waals surface area contributed by atoms with Crippen LogP contribution in [0, 0.1) is 5.92 Å². The van der Waals surface area contributed by atoms with Crippen LogP contribution in [0.5, 0.6) is 0 Å². The highest BCUT2D eigenvalue weighted by Gasteiger charge is 2.33. The maximum absolute atomic E-state index is 13.2. The standard InChI is InChI=1S/C20H24F3N5O2/c1-13(2)25-19(30)27-9-3-5-14(12-27)18(29)26-16-11-15(20(21,22)23)6-7-17(16)28-10-4-8-24-28/h4,6-8,10-11,13-14H,3,5,9,12H2,1-2H3,(H,25,30)(H,26,29)/t14-/m1/s1. The molecule has 0 aliphatic carbocycles. The summed E-state index contributed by atoms with van der Waals surface area (Å²) in [5, 5.41) is 9.46. The van der Waals surface area contributed by atoms with Crippen LogP contribution >= 0.6 is 0 Å². The largest absolute Gasteiger partial charge is 0.416 e. The molecule has 10 heteroatoms. The molecular weight excluding hydrogens is 399 g/mol. The maximum atomic E-state index is 13.2. The number of halogens is 3. The van der Waals surface area contributed by atoms with Crippen molar-refractivity contribution in [2.75, 3.05) is 18.4 Å². The van der Waals surface area contributed by atoms with Gasteiger partial charge in [0.1, 0.15) is 0 Å². The second kappa shape index (κ2) is 8.76. The summed E-state index contributed by atoms with van der Waals surface area (Å²) in [6, 6.07) is 4.48. The number of carbonyl (C=O) groups excluding carboxylic acids is 2. The molecule has 1 aliphatic heterocycles. The highest BCUT2D eigenvalue weighted by Crippen LogP contribution is 2.33. The summed E-state index contributed by atoms with van der Waals surface area (Å²) in [7, 11) is 0. The van der Waals surface area contributed by atoms with Crippen LogP contribution in [0.4, 0.5) is 23.7 Å². The average Bonchev–Trinajstić information content (AvgIpc) is 3.21. The van der Waals surface area contributed by atoms with Crippen molar-refractivity contribution in [3.63, 3.8) is 0 Å². The van der Waals surface area contributed by atoms with Gasteiger partial charge in [0.05, 0.1) is 22.9 Å². The Morgan fingerprint density at radius 2 is 2.03 bits per heavy atom. The highest BCUT2D eigenvalue weighted by atomic mass is 19.4. The van der Waals surface area contributed by atoms with E-state index >= 15 is 0 Å². The van der Waals surface area contributed by atoms with Gasteiger partial charge in [0.25, 0.3) is 0 Å². The van der Waals surface area contributed by atoms with Gasteiger partial charge in [-0.05, 0) is 51.0 Å². The van der Waals surface area contributed by atoms with E-state index in [0.29, 0.717) is 25.1 Å². The Labute approximate surface area is 172 Å². The molecule has 1 aromatic carbocycles. The molecule has 30 heavy (non-hydrogen) atoms. The number of nitrogens with one attached hydrogen (secondary N) is 2. The van der Waals surface area contributed by atoms with E-state index in [2.05, 4.69) is 15.7 Å². The first kappa shape index (κ1) is 21.7. The number of nitrogens with zero attached hydrogens (tertiary/aromatic N) is 3. The number of anilines is 1. The first-order chi connectivity index (χ1) is 14.1. The zero-order chi connectivity index (χ0) is 21.9. The fraction of sp³-hybridized carbons (Fsp3) is 0.450. The lowest BCUT2D eigenvalue weighted by atomic mass is 9.97. The van der Waals surface area contributed by atoms with Crippen molar-refractivity contribution < 1.29 is 22.8 Å². The smallest absolute Gasteiger partial charge is 0.336 e. The lowest BCUT2D eigenvalue weighted by molar-refractivity contribution is -0.137. The quantitative estimate of drug-likeness (QED) is 0.788. The summed E-state index contributed by atoms with van der Waals surface area (Å²) in [5.41, 5.74) is -0.524. The van der Waals surface area contributed by atoms with Crippen LogP contribution in [-0.4, -0.2) is 45.8 Å². The maximum Gasteiger partial charge on any atom is 0.416 e. The Morgan fingerprint density at radius 3 is 2.67 bits per heavy atom. The van der Waals surface area contributed by atoms with Gasteiger partial charge < -0.3 is 15.5 Å². The summed E-state index contributed by atoms with van der Waals surface area (Å²) in [4.78, 5) is 26.7. The molecule has 0 saturated carbocycles. The van der Waals surface area contributed by atoms with Crippen molar-refractivity contribution in [2.24, 2.45) is 5.92 Å². The third-order valence-corrected chi connectivity index (χ3v) is 4.82. The normalized spacial score (nSPS) is 17.1. The second-order valence-electron chi connectivity index (χ2n) is 7.56. The van der Waals surface area contributed by atoms with E-state index < -0.39 is 23.6 Å². The number of amides is 3. The van der Waals surface area contributed by atoms with E-state index in [9.17, 15) is 22.8 Å². The molecule has 1 fully saturated rings. The summed E-state index contributed by atoms with van der Waals surface area (Å²) in [5.74, 6) is -0.943. The number of hydrogen-bond acceptors (Lipinski definition) is 3. The molecule has 7 nitrogen and oxygen atoms in total. The minimum Gasteiger partial charge on any atom is -0.336 e. The van der Waals surface area contributed by atoms with Gasteiger partial charge >= 0.3 is 12.2 Å². The van der Waals surface area contributed by atoms with Crippen molar-refractivity contribution in [1.29, 1.82) is 0 Å². The fourth-order valence-electron chi connectivity index (χ4n) is 3.37. The number of hydrogen-bond donors (Lipinski definition) is 2. The monoisotopic (exact) mass is 423 g/mol. The molecule has 1 saturated heterocycles. The molecule has 0 spiro atoms. The molecule has 2 heterocycles. The minimum atomic E-state index is -4.54. The Balaban J connectivity index is 1.80. The van der Waals surface area contributed by atoms with E-state index in [1.807, 2.05) is 13.8 Å². The zero-order valence-electron chi connectivity index (χ0n) is 16.7. The van der Waals surface area contributed by atoms with Crippen LogP contribution in [0.15, 0.2) is 36.7 Å². The van der Waals surface area contributed by atoms with Crippen molar-refractivity contribution in [3.05, 3.63) is 42.2 Å². The number of likely N-dealkylation sites (tertiary alicyclic amines) is 1. The lowest BCUT2D eigenvalue weighted by Crippen LogP contribution is -2.49. The number of aromatic nitrogens is 2. The van der Waals surface area contributed by atoms with Crippen LogP contribution < -0.4 is 10.6 Å². The molecule has 3 rings (SSSR count). The van der Waals surface area contributed by atoms with Crippen molar-refractivity contribution in [2.45, 2.75) is 38.9 Å². The third kappa shape index (κ3) is 5.11. The molecule has 1 atom stereocenters. The molecule has 0 unspecified atom stereocenters. The van der Waals surface area contributed by atoms with E-state index in [-0.39, 0.29) is 24.3 Å². The molecule has 1 aliphatic rings. The van der Waals surface area contributed by atoms with Crippen molar-refractivity contribution in [3.8, 4) is 5.69 Å². The topological polar surface area (TPSA) is 79.3 Å². The summed E-state index contributed by atoms with van der Waals surface area (Å²) in [6.07, 6.45) is -0.281. The van der Waals surface area contributed by atoms with E-state index in [4.69, 9.17) is 0 Å². The van der Waals surface area contributed by atoms with Crippen LogP contribution in [0.1, 0.15) is 32.3 Å². The summed E-state index contributed by atoms with van der Waals surface area (Å²) in [6.45, 7) is 4.43. The molecule has 0 radical (unpaired) electrons. The Kier molecular flexibility index (Phi) is 6.33. The predicted molar refractivity (Wildman–Crippen MR) is 105 cm³/mol. The summed E-state index contributed by atoms with van der Waals surface area (Å²) < 4.78 is 41.0. The van der Waals surface area contributed by atoms with Gasteiger partial charge in [-0.15, -0.1) is 0 Å². The van der Waals surface area contributed by atoms with Crippen molar-refractivity contribution in [1.82, 2.24) is 20.0 Å². The SMILES string of the molecule is CC(C)NC(=O)N1CCC[C@@H](C(=O)Nc2cc(C(F)(F)F)ccc2-n2cccn2)C1. The number of alkyl halides is 3. The van der Waals surface area contributed by atoms with Gasteiger partial charge in [0.2, 0.25) is 5.91 Å².